The molecule has 0 saturated heterocycles. The van der Waals surface area contributed by atoms with Gasteiger partial charge in [-0.3, -0.25) is 9.59 Å². The summed E-state index contributed by atoms with van der Waals surface area (Å²) in [6.07, 6.45) is 4.16. The van der Waals surface area contributed by atoms with E-state index in [4.69, 9.17) is 27.7 Å². The number of nitrogens with zero attached hydrogens (tertiary/aromatic N) is 1. The number of hydrogen-bond acceptors (Lipinski definition) is 9. The average molecular weight is 529 g/mol. The van der Waals surface area contributed by atoms with Gasteiger partial charge in [0.2, 0.25) is 5.88 Å². The van der Waals surface area contributed by atoms with E-state index in [1.165, 1.54) is 17.5 Å². The van der Waals surface area contributed by atoms with Gasteiger partial charge in [0.05, 0.1) is 15.6 Å². The van der Waals surface area contributed by atoms with Gasteiger partial charge in [-0.05, 0) is 49.1 Å². The number of nitrogens with two attached hydrogens (primary N) is 4. The van der Waals surface area contributed by atoms with Gasteiger partial charge in [0.25, 0.3) is 5.91 Å². The summed E-state index contributed by atoms with van der Waals surface area (Å²) in [7, 11) is 0. The molecule has 9 N–H and O–H groups in total. The summed E-state index contributed by atoms with van der Waals surface area (Å²) >= 11 is 1.23. The molecule has 0 aliphatic heterocycles. The average Bonchev–Trinajstić information content (AvgIpc) is 3.52. The van der Waals surface area contributed by atoms with E-state index in [0.29, 0.717) is 49.0 Å². The second-order valence-corrected chi connectivity index (χ2v) is 10.9. The van der Waals surface area contributed by atoms with Crippen LogP contribution in [0.2, 0.25) is 0 Å². The lowest BCUT2D eigenvalue weighted by molar-refractivity contribution is -0.124. The molecule has 38 heavy (non-hydrogen) atoms. The first-order valence-corrected chi connectivity index (χ1v) is 13.3. The molecule has 4 atom stereocenters. The molecule has 2 aliphatic rings. The van der Waals surface area contributed by atoms with Crippen LogP contribution in [-0.2, 0) is 10.3 Å². The fourth-order valence-electron chi connectivity index (χ4n) is 5.53. The molecule has 2 aromatic carbocycles. The normalized spacial score (nSPS) is 24.5. The lowest BCUT2D eigenvalue weighted by Crippen LogP contribution is -2.52. The van der Waals surface area contributed by atoms with Gasteiger partial charge in [0.1, 0.15) is 11.3 Å². The van der Waals surface area contributed by atoms with Crippen LogP contribution in [0.4, 0.5) is 5.69 Å². The topological polar surface area (TPSA) is 172 Å². The number of thiophene rings is 1. The Kier molecular flexibility index (Phi) is 5.92. The molecule has 9 nitrogen and oxygen atoms in total. The zero-order valence-electron chi connectivity index (χ0n) is 20.5. The number of nitrogen functional groups attached to an aromatic ring is 1. The Morgan fingerprint density at radius 1 is 1.08 bits per heavy atom. The number of rotatable bonds is 5. The molecule has 2 heterocycles. The van der Waals surface area contributed by atoms with Crippen LogP contribution in [0.1, 0.15) is 51.7 Å². The molecule has 6 rings (SSSR count). The van der Waals surface area contributed by atoms with Crippen LogP contribution in [0.15, 0.2) is 60.8 Å². The number of ether oxygens (including phenoxy) is 1. The molecule has 0 bridgehead atoms. The molecule has 1 amide bonds. The number of pyridine rings is 1. The fourth-order valence-corrected chi connectivity index (χ4v) is 6.74. The van der Waals surface area contributed by atoms with Gasteiger partial charge in [0.15, 0.2) is 5.78 Å². The minimum atomic E-state index is -1.58. The highest BCUT2D eigenvalue weighted by Gasteiger charge is 2.49. The molecule has 194 valence electrons. The number of nitrogens with one attached hydrogen (secondary N) is 1. The molecule has 4 aromatic rings. The summed E-state index contributed by atoms with van der Waals surface area (Å²) in [6.45, 7) is 0. The van der Waals surface area contributed by atoms with Crippen molar-refractivity contribution in [3.05, 3.63) is 82.4 Å². The van der Waals surface area contributed by atoms with E-state index in [2.05, 4.69) is 10.3 Å². The molecule has 10 heteroatoms. The molecule has 2 unspecified atom stereocenters. The highest BCUT2D eigenvalue weighted by Crippen LogP contribution is 2.49. The van der Waals surface area contributed by atoms with Gasteiger partial charge in [-0.25, -0.2) is 4.98 Å². The van der Waals surface area contributed by atoms with Crippen molar-refractivity contribution in [1.29, 1.82) is 0 Å². The first-order valence-electron chi connectivity index (χ1n) is 12.5. The number of benzene rings is 2. The van der Waals surface area contributed by atoms with Crippen molar-refractivity contribution in [2.45, 2.75) is 42.9 Å². The van der Waals surface area contributed by atoms with Crippen molar-refractivity contribution in [3.8, 4) is 11.6 Å². The Hall–Kier alpha value is -3.83. The van der Waals surface area contributed by atoms with Crippen LogP contribution in [0.5, 0.6) is 11.6 Å². The van der Waals surface area contributed by atoms with E-state index in [1.54, 1.807) is 24.3 Å². The highest BCUT2D eigenvalue weighted by atomic mass is 32.1. The lowest BCUT2D eigenvalue weighted by Gasteiger charge is -2.36. The van der Waals surface area contributed by atoms with Crippen LogP contribution in [-0.4, -0.2) is 28.8 Å². The molecular weight excluding hydrogens is 500 g/mol. The molecule has 2 aliphatic carbocycles. The molecule has 0 radical (unpaired) electrons. The zero-order valence-corrected chi connectivity index (χ0v) is 21.3. The van der Waals surface area contributed by atoms with Crippen molar-refractivity contribution in [2.24, 2.45) is 17.2 Å². The van der Waals surface area contributed by atoms with E-state index in [9.17, 15) is 9.59 Å². The SMILES string of the molecule is Nc1ccc2c3c(c(C(=O)N[C@@H]4CCC[C@H]4N)sc13)C(N)C(=O)C2(N)c1ccc(Oc2ccccc2)nc1. The van der Waals surface area contributed by atoms with Gasteiger partial charge in [-0.15, -0.1) is 11.3 Å². The minimum absolute atomic E-state index is 0.0985. The largest absolute Gasteiger partial charge is 0.439 e. The summed E-state index contributed by atoms with van der Waals surface area (Å²) in [6, 6.07) is 14.7. The van der Waals surface area contributed by atoms with E-state index in [1.807, 2.05) is 30.3 Å². The van der Waals surface area contributed by atoms with Crippen molar-refractivity contribution < 1.29 is 14.3 Å². The Morgan fingerprint density at radius 3 is 2.55 bits per heavy atom. The monoisotopic (exact) mass is 528 g/mol. The summed E-state index contributed by atoms with van der Waals surface area (Å²) < 4.78 is 6.47. The molecule has 1 saturated carbocycles. The third-order valence-electron chi connectivity index (χ3n) is 7.56. The fraction of sp³-hybridized carbons (Fsp3) is 0.250. The first kappa shape index (κ1) is 24.5. The Bertz CT molecular complexity index is 1550. The molecule has 0 spiro atoms. The lowest BCUT2D eigenvalue weighted by atomic mass is 9.71. The number of anilines is 1. The Morgan fingerprint density at radius 2 is 1.87 bits per heavy atom. The maximum Gasteiger partial charge on any atom is 0.262 e. The summed E-state index contributed by atoms with van der Waals surface area (Å²) in [4.78, 5) is 32.0. The number of hydrogen-bond donors (Lipinski definition) is 5. The highest BCUT2D eigenvalue weighted by molar-refractivity contribution is 7.21. The number of carbonyl (C=O) groups excluding carboxylic acids is 2. The van der Waals surface area contributed by atoms with Crippen LogP contribution in [0, 0.1) is 0 Å². The maximum absolute atomic E-state index is 13.9. The summed E-state index contributed by atoms with van der Waals surface area (Å²) in [5.74, 6) is 0.266. The summed E-state index contributed by atoms with van der Waals surface area (Å²) in [5, 5.41) is 3.69. The third-order valence-corrected chi connectivity index (χ3v) is 8.82. The van der Waals surface area contributed by atoms with E-state index < -0.39 is 17.4 Å². The van der Waals surface area contributed by atoms with E-state index in [0.717, 1.165) is 19.3 Å². The van der Waals surface area contributed by atoms with Crippen molar-refractivity contribution in [2.75, 3.05) is 5.73 Å². The predicted molar refractivity (Wildman–Crippen MR) is 147 cm³/mol. The summed E-state index contributed by atoms with van der Waals surface area (Å²) in [5.41, 5.74) is 26.3. The number of amides is 1. The number of Topliss-reactive ketones (excluding diaryl/α,β-unsaturated/α-hetero) is 1. The standard InChI is InChI=1S/C28H28N6O3S/c29-17-7-4-8-19(17)34-27(36)25-22-21-16(10-11-18(30)24(21)38-25)28(32,26(35)23(22)31)14-9-12-20(33-13-14)37-15-5-2-1-3-6-15/h1-3,5-6,9-13,17,19,23H,4,7-8,29-32H2,(H,34,36)/t17-,19-,23?,28?/m1/s1. The first-order chi connectivity index (χ1) is 18.3. The number of para-hydroxylation sites is 1. The van der Waals surface area contributed by atoms with Gasteiger partial charge in [-0.1, -0.05) is 24.3 Å². The maximum atomic E-state index is 13.9. The van der Waals surface area contributed by atoms with Crippen LogP contribution in [0.3, 0.4) is 0 Å². The smallest absolute Gasteiger partial charge is 0.262 e. The Labute approximate surface area is 223 Å². The Balaban J connectivity index is 1.43. The second kappa shape index (κ2) is 9.17. The quantitative estimate of drug-likeness (QED) is 0.246. The third kappa shape index (κ3) is 3.76. The molecular formula is C28H28N6O3S. The van der Waals surface area contributed by atoms with Gasteiger partial charge >= 0.3 is 0 Å². The second-order valence-electron chi connectivity index (χ2n) is 9.88. The van der Waals surface area contributed by atoms with Crippen molar-refractivity contribution in [3.63, 3.8) is 0 Å². The van der Waals surface area contributed by atoms with Crippen LogP contribution < -0.4 is 33.0 Å². The minimum Gasteiger partial charge on any atom is -0.439 e. The molecule has 2 aromatic heterocycles. The number of carbonyl (C=O) groups is 2. The van der Waals surface area contributed by atoms with Crippen molar-refractivity contribution >= 4 is 38.8 Å². The van der Waals surface area contributed by atoms with E-state index >= 15 is 0 Å². The van der Waals surface area contributed by atoms with Crippen LogP contribution in [0.25, 0.3) is 10.1 Å². The zero-order chi connectivity index (χ0) is 26.6. The van der Waals surface area contributed by atoms with Gasteiger partial charge in [0, 0.05) is 46.5 Å². The van der Waals surface area contributed by atoms with Gasteiger partial charge in [-0.2, -0.15) is 0 Å². The van der Waals surface area contributed by atoms with Crippen molar-refractivity contribution in [1.82, 2.24) is 10.3 Å². The predicted octanol–water partition coefficient (Wildman–Crippen LogP) is 3.07. The van der Waals surface area contributed by atoms with Crippen LogP contribution >= 0.6 is 11.3 Å². The van der Waals surface area contributed by atoms with E-state index in [-0.39, 0.29) is 18.0 Å². The van der Waals surface area contributed by atoms with Gasteiger partial charge < -0.3 is 33.0 Å². The number of ketones is 1. The molecule has 1 fully saturated rings. The number of aromatic nitrogens is 1.